The summed E-state index contributed by atoms with van der Waals surface area (Å²) in [6.45, 7) is 0.168. The minimum atomic E-state index is -3.24. The number of aromatic nitrogens is 2. The number of hydrogen-bond acceptors (Lipinski definition) is 7. The van der Waals surface area contributed by atoms with E-state index >= 15 is 0 Å². The summed E-state index contributed by atoms with van der Waals surface area (Å²) in [5.74, 6) is -0.963. The van der Waals surface area contributed by atoms with Crippen molar-refractivity contribution >= 4 is 21.6 Å². The predicted molar refractivity (Wildman–Crippen MR) is 68.8 cm³/mol. The third kappa shape index (κ3) is 3.21. The Labute approximate surface area is 115 Å². The van der Waals surface area contributed by atoms with Crippen LogP contribution in [0.3, 0.4) is 0 Å². The molecule has 20 heavy (non-hydrogen) atoms. The van der Waals surface area contributed by atoms with E-state index < -0.39 is 21.8 Å². The number of hydrogen-bond donors (Lipinski definition) is 1. The molecule has 0 bridgehead atoms. The van der Waals surface area contributed by atoms with Gasteiger partial charge in [0.1, 0.15) is 11.9 Å². The highest BCUT2D eigenvalue weighted by Crippen LogP contribution is 2.21. The smallest absolute Gasteiger partial charge is 0.305 e. The van der Waals surface area contributed by atoms with Gasteiger partial charge < -0.3 is 10.0 Å². The molecule has 1 fully saturated rings. The molecule has 8 nitrogen and oxygen atoms in total. The molecule has 1 N–H and O–H groups in total. The lowest BCUT2D eigenvalue weighted by atomic mass is 10.2. The second-order valence-corrected chi connectivity index (χ2v) is 6.66. The van der Waals surface area contributed by atoms with Crippen molar-refractivity contribution < 1.29 is 18.3 Å². The minimum Gasteiger partial charge on any atom is -0.481 e. The molecule has 9 heteroatoms. The Hall–Kier alpha value is -2.21. The van der Waals surface area contributed by atoms with Crippen molar-refractivity contribution in [2.45, 2.75) is 12.5 Å². The van der Waals surface area contributed by atoms with Gasteiger partial charge in [-0.25, -0.2) is 18.4 Å². The van der Waals surface area contributed by atoms with Crippen LogP contribution < -0.4 is 4.90 Å². The fraction of sp³-hybridized carbons (Fsp3) is 0.455. The molecule has 1 saturated heterocycles. The van der Waals surface area contributed by atoms with Gasteiger partial charge in [0.15, 0.2) is 15.5 Å². The molecule has 1 aromatic heterocycles. The number of nitriles is 1. The summed E-state index contributed by atoms with van der Waals surface area (Å²) in [5.41, 5.74) is 0.146. The largest absolute Gasteiger partial charge is 0.481 e. The first kappa shape index (κ1) is 14.2. The maximum absolute atomic E-state index is 11.6. The van der Waals surface area contributed by atoms with E-state index in [1.54, 1.807) is 4.90 Å². The normalized spacial score (nSPS) is 21.1. The molecule has 0 amide bonds. The Morgan fingerprint density at radius 1 is 1.50 bits per heavy atom. The minimum absolute atomic E-state index is 0.0508. The number of carboxylic acid groups (broad SMARTS) is 1. The van der Waals surface area contributed by atoms with Crippen LogP contribution in [0, 0.1) is 11.3 Å². The van der Waals surface area contributed by atoms with Crippen molar-refractivity contribution in [3.63, 3.8) is 0 Å². The molecule has 1 aromatic rings. The van der Waals surface area contributed by atoms with Gasteiger partial charge in [-0.15, -0.1) is 0 Å². The highest BCUT2D eigenvalue weighted by Gasteiger charge is 2.33. The zero-order valence-corrected chi connectivity index (χ0v) is 11.2. The molecule has 0 spiro atoms. The Morgan fingerprint density at radius 3 is 2.80 bits per heavy atom. The highest BCUT2D eigenvalue weighted by atomic mass is 32.2. The summed E-state index contributed by atoms with van der Waals surface area (Å²) in [4.78, 5) is 20.4. The molecule has 1 aliphatic heterocycles. The lowest BCUT2D eigenvalue weighted by Gasteiger charge is -2.35. The number of nitrogens with zero attached hydrogens (tertiary/aromatic N) is 4. The topological polar surface area (TPSA) is 124 Å². The summed E-state index contributed by atoms with van der Waals surface area (Å²) in [7, 11) is -3.24. The summed E-state index contributed by atoms with van der Waals surface area (Å²) in [6.07, 6.45) is 2.34. The van der Waals surface area contributed by atoms with E-state index in [1.165, 1.54) is 12.4 Å². The van der Waals surface area contributed by atoms with E-state index in [-0.39, 0.29) is 30.2 Å². The van der Waals surface area contributed by atoms with Crippen molar-refractivity contribution in [3.8, 4) is 6.07 Å². The van der Waals surface area contributed by atoms with Crippen molar-refractivity contribution in [3.05, 3.63) is 18.1 Å². The maximum atomic E-state index is 11.6. The van der Waals surface area contributed by atoms with Crippen LogP contribution in [0.5, 0.6) is 0 Å². The summed E-state index contributed by atoms with van der Waals surface area (Å²) < 4.78 is 23.2. The first-order valence-corrected chi connectivity index (χ1v) is 7.64. The second-order valence-electron chi connectivity index (χ2n) is 4.43. The van der Waals surface area contributed by atoms with Crippen LogP contribution in [0.15, 0.2) is 12.4 Å². The molecular weight excluding hydrogens is 284 g/mol. The molecule has 2 rings (SSSR count). The van der Waals surface area contributed by atoms with Crippen molar-refractivity contribution in [1.29, 1.82) is 5.26 Å². The molecule has 0 radical (unpaired) electrons. The van der Waals surface area contributed by atoms with Gasteiger partial charge in [0, 0.05) is 6.54 Å². The zero-order chi connectivity index (χ0) is 14.8. The lowest BCUT2D eigenvalue weighted by molar-refractivity contribution is -0.137. The van der Waals surface area contributed by atoms with Crippen LogP contribution in [0.1, 0.15) is 12.1 Å². The first-order chi connectivity index (χ1) is 9.41. The van der Waals surface area contributed by atoms with Crippen LogP contribution in [-0.2, 0) is 14.6 Å². The maximum Gasteiger partial charge on any atom is 0.305 e. The molecule has 1 unspecified atom stereocenters. The summed E-state index contributed by atoms with van der Waals surface area (Å²) in [6, 6.07) is 1.16. The standard InChI is InChI=1S/C11H12N4O4S/c12-4-8-5-14-10(6-13-8)15-1-2-20(18,19)7-9(15)3-11(16)17/h5-6,9H,1-3,7H2,(H,16,17). The third-order valence-corrected chi connectivity index (χ3v) is 4.68. The Kier molecular flexibility index (Phi) is 3.85. The van der Waals surface area contributed by atoms with Crippen molar-refractivity contribution in [2.75, 3.05) is 23.0 Å². The quantitative estimate of drug-likeness (QED) is 0.786. The second kappa shape index (κ2) is 5.42. The molecule has 0 saturated carbocycles. The van der Waals surface area contributed by atoms with Crippen molar-refractivity contribution in [1.82, 2.24) is 9.97 Å². The number of sulfone groups is 1. The predicted octanol–water partition coefficient (Wildman–Crippen LogP) is -0.574. The van der Waals surface area contributed by atoms with Crippen LogP contribution in [0.2, 0.25) is 0 Å². The summed E-state index contributed by atoms with van der Waals surface area (Å²) >= 11 is 0. The van der Waals surface area contributed by atoms with Crippen LogP contribution >= 0.6 is 0 Å². The zero-order valence-electron chi connectivity index (χ0n) is 10.4. The first-order valence-electron chi connectivity index (χ1n) is 5.82. The fourth-order valence-electron chi connectivity index (χ4n) is 2.09. The van der Waals surface area contributed by atoms with Crippen molar-refractivity contribution in [2.24, 2.45) is 0 Å². The number of aliphatic carboxylic acids is 1. The third-order valence-electron chi connectivity index (χ3n) is 2.99. The Bertz CT molecular complexity index is 650. The monoisotopic (exact) mass is 296 g/mol. The SMILES string of the molecule is N#Cc1cnc(N2CCS(=O)(=O)CC2CC(=O)O)cn1. The number of rotatable bonds is 3. The average molecular weight is 296 g/mol. The number of carboxylic acids is 1. The van der Waals surface area contributed by atoms with Gasteiger partial charge in [-0.2, -0.15) is 5.26 Å². The average Bonchev–Trinajstić information content (AvgIpc) is 2.37. The lowest BCUT2D eigenvalue weighted by Crippen LogP contribution is -2.49. The van der Waals surface area contributed by atoms with Gasteiger partial charge in [-0.1, -0.05) is 0 Å². The molecule has 0 aromatic carbocycles. The van der Waals surface area contributed by atoms with E-state index in [0.29, 0.717) is 5.82 Å². The van der Waals surface area contributed by atoms with E-state index in [9.17, 15) is 13.2 Å². The van der Waals surface area contributed by atoms with Gasteiger partial charge in [0.25, 0.3) is 0 Å². The molecular formula is C11H12N4O4S. The van der Waals surface area contributed by atoms with Gasteiger partial charge in [-0.3, -0.25) is 4.79 Å². The van der Waals surface area contributed by atoms with E-state index in [0.717, 1.165) is 0 Å². The van der Waals surface area contributed by atoms with Gasteiger partial charge in [-0.05, 0) is 0 Å². The number of anilines is 1. The van der Waals surface area contributed by atoms with Gasteiger partial charge in [0.05, 0.1) is 36.4 Å². The van der Waals surface area contributed by atoms with E-state index in [1.807, 2.05) is 6.07 Å². The van der Waals surface area contributed by atoms with Crippen LogP contribution in [-0.4, -0.2) is 53.6 Å². The summed E-state index contributed by atoms with van der Waals surface area (Å²) in [5, 5.41) is 17.5. The Morgan fingerprint density at radius 2 is 2.25 bits per heavy atom. The molecule has 1 atom stereocenters. The fourth-order valence-corrected chi connectivity index (χ4v) is 3.61. The molecule has 0 aliphatic carbocycles. The van der Waals surface area contributed by atoms with Crippen LogP contribution in [0.4, 0.5) is 5.82 Å². The molecule has 106 valence electrons. The van der Waals surface area contributed by atoms with E-state index in [2.05, 4.69) is 9.97 Å². The van der Waals surface area contributed by atoms with E-state index in [4.69, 9.17) is 10.4 Å². The molecule has 2 heterocycles. The van der Waals surface area contributed by atoms with Crippen LogP contribution in [0.25, 0.3) is 0 Å². The highest BCUT2D eigenvalue weighted by molar-refractivity contribution is 7.91. The Balaban J connectivity index is 2.27. The van der Waals surface area contributed by atoms with Gasteiger partial charge in [0.2, 0.25) is 0 Å². The molecule has 1 aliphatic rings. The number of carbonyl (C=O) groups is 1. The van der Waals surface area contributed by atoms with Gasteiger partial charge >= 0.3 is 5.97 Å².